The van der Waals surface area contributed by atoms with Crippen LogP contribution in [-0.2, 0) is 6.42 Å². The molecule has 1 atom stereocenters. The van der Waals surface area contributed by atoms with Crippen LogP contribution in [0.25, 0.3) is 0 Å². The fraction of sp³-hybridized carbons (Fsp3) is 0.250. The van der Waals surface area contributed by atoms with Gasteiger partial charge in [0, 0.05) is 28.5 Å². The second-order valence-corrected chi connectivity index (χ2v) is 5.42. The summed E-state index contributed by atoms with van der Waals surface area (Å²) in [6, 6.07) is 8.71. The average molecular weight is 297 g/mol. The maximum absolute atomic E-state index is 4.32. The van der Waals surface area contributed by atoms with E-state index < -0.39 is 0 Å². The van der Waals surface area contributed by atoms with E-state index in [1.165, 1.54) is 10.6 Å². The number of benzene rings is 1. The first-order valence-corrected chi connectivity index (χ1v) is 6.78. The van der Waals surface area contributed by atoms with Crippen molar-refractivity contribution in [3.05, 3.63) is 50.9 Å². The van der Waals surface area contributed by atoms with E-state index in [1.807, 2.05) is 24.7 Å². The van der Waals surface area contributed by atoms with Crippen LogP contribution >= 0.6 is 27.3 Å². The molecule has 2 rings (SSSR count). The molecule has 1 heterocycles. The van der Waals surface area contributed by atoms with Crippen molar-refractivity contribution in [2.45, 2.75) is 12.5 Å². The molecule has 0 saturated heterocycles. The lowest BCUT2D eigenvalue weighted by Crippen LogP contribution is -2.18. The van der Waals surface area contributed by atoms with E-state index in [2.05, 4.69) is 44.4 Å². The second kappa shape index (κ2) is 5.57. The zero-order chi connectivity index (χ0) is 11.4. The number of likely N-dealkylation sites (N-methyl/N-ethyl adjacent to an activating group) is 1. The molecule has 1 aromatic carbocycles. The highest BCUT2D eigenvalue weighted by Gasteiger charge is 2.11. The minimum atomic E-state index is 0.323. The van der Waals surface area contributed by atoms with Crippen LogP contribution in [0.1, 0.15) is 16.6 Å². The summed E-state index contributed by atoms with van der Waals surface area (Å²) in [6.45, 7) is 0. The molecule has 1 N–H and O–H groups in total. The fourth-order valence-corrected chi connectivity index (χ4v) is 2.72. The van der Waals surface area contributed by atoms with Crippen LogP contribution in [0.3, 0.4) is 0 Å². The molecule has 0 aliphatic heterocycles. The number of nitrogens with one attached hydrogen (secondary N) is 1. The van der Waals surface area contributed by atoms with Gasteiger partial charge in [0.15, 0.2) is 0 Å². The van der Waals surface area contributed by atoms with E-state index in [0.717, 1.165) is 10.9 Å². The van der Waals surface area contributed by atoms with Crippen molar-refractivity contribution in [3.63, 3.8) is 0 Å². The summed E-state index contributed by atoms with van der Waals surface area (Å²) in [5.41, 5.74) is 1.28. The predicted molar refractivity (Wildman–Crippen MR) is 71.8 cm³/mol. The molecule has 0 aliphatic rings. The van der Waals surface area contributed by atoms with E-state index in [-0.39, 0.29) is 0 Å². The third-order valence-corrected chi connectivity index (χ3v) is 3.76. The summed E-state index contributed by atoms with van der Waals surface area (Å²) in [7, 11) is 1.99. The van der Waals surface area contributed by atoms with Gasteiger partial charge >= 0.3 is 0 Å². The summed E-state index contributed by atoms with van der Waals surface area (Å²) in [4.78, 5) is 4.32. The summed E-state index contributed by atoms with van der Waals surface area (Å²) in [5, 5.41) is 6.51. The predicted octanol–water partition coefficient (Wildman–Crippen LogP) is 3.41. The van der Waals surface area contributed by atoms with E-state index >= 15 is 0 Å². The minimum Gasteiger partial charge on any atom is -0.313 e. The Bertz CT molecular complexity index is 442. The number of aromatic nitrogens is 1. The van der Waals surface area contributed by atoms with Gasteiger partial charge in [-0.05, 0) is 24.7 Å². The summed E-state index contributed by atoms with van der Waals surface area (Å²) in [6.07, 6.45) is 2.79. The number of thiazole rings is 1. The average Bonchev–Trinajstić information content (AvgIpc) is 2.78. The van der Waals surface area contributed by atoms with Crippen LogP contribution in [-0.4, -0.2) is 12.0 Å². The first-order chi connectivity index (χ1) is 7.79. The normalized spacial score (nSPS) is 12.6. The van der Waals surface area contributed by atoms with Gasteiger partial charge in [0.25, 0.3) is 0 Å². The molecule has 2 aromatic rings. The number of halogens is 1. The maximum Gasteiger partial charge on any atom is 0.0943 e. The molecule has 16 heavy (non-hydrogen) atoms. The van der Waals surface area contributed by atoms with Crippen molar-refractivity contribution in [2.75, 3.05) is 7.05 Å². The SMILES string of the molecule is CNC(Cc1nccs1)c1cccc(Br)c1. The van der Waals surface area contributed by atoms with Gasteiger partial charge in [-0.3, -0.25) is 0 Å². The summed E-state index contributed by atoms with van der Waals surface area (Å²) in [5.74, 6) is 0. The standard InChI is InChI=1S/C12H13BrN2S/c1-14-11(8-12-15-5-6-16-12)9-3-2-4-10(13)7-9/h2-7,11,14H,8H2,1H3. The van der Waals surface area contributed by atoms with Crippen molar-refractivity contribution < 1.29 is 0 Å². The minimum absolute atomic E-state index is 0.323. The third kappa shape index (κ3) is 2.90. The van der Waals surface area contributed by atoms with Gasteiger partial charge in [0.05, 0.1) is 5.01 Å². The van der Waals surface area contributed by atoms with E-state index in [1.54, 1.807) is 11.3 Å². The molecule has 0 aliphatic carbocycles. The maximum atomic E-state index is 4.32. The molecule has 84 valence electrons. The highest BCUT2D eigenvalue weighted by atomic mass is 79.9. The van der Waals surface area contributed by atoms with Crippen LogP contribution in [0.5, 0.6) is 0 Å². The lowest BCUT2D eigenvalue weighted by Gasteiger charge is -2.15. The van der Waals surface area contributed by atoms with Crippen molar-refractivity contribution >= 4 is 27.3 Å². The first kappa shape index (κ1) is 11.8. The third-order valence-electron chi connectivity index (χ3n) is 2.46. The van der Waals surface area contributed by atoms with Crippen LogP contribution in [0.4, 0.5) is 0 Å². The van der Waals surface area contributed by atoms with E-state index in [9.17, 15) is 0 Å². The first-order valence-electron chi connectivity index (χ1n) is 5.10. The molecule has 0 saturated carbocycles. The van der Waals surface area contributed by atoms with Gasteiger partial charge < -0.3 is 5.32 Å². The van der Waals surface area contributed by atoms with Gasteiger partial charge in [-0.15, -0.1) is 11.3 Å². The summed E-state index contributed by atoms with van der Waals surface area (Å²) < 4.78 is 1.12. The second-order valence-electron chi connectivity index (χ2n) is 3.53. The largest absolute Gasteiger partial charge is 0.313 e. The topological polar surface area (TPSA) is 24.9 Å². The van der Waals surface area contributed by atoms with Crippen molar-refractivity contribution in [1.82, 2.24) is 10.3 Å². The van der Waals surface area contributed by atoms with Crippen molar-refractivity contribution in [2.24, 2.45) is 0 Å². The molecule has 0 amide bonds. The number of nitrogens with zero attached hydrogens (tertiary/aromatic N) is 1. The highest BCUT2D eigenvalue weighted by Crippen LogP contribution is 2.22. The van der Waals surface area contributed by atoms with Crippen LogP contribution in [0.2, 0.25) is 0 Å². The molecular weight excluding hydrogens is 284 g/mol. The molecule has 1 aromatic heterocycles. The van der Waals surface area contributed by atoms with Crippen molar-refractivity contribution in [3.8, 4) is 0 Å². The lowest BCUT2D eigenvalue weighted by molar-refractivity contribution is 0.590. The fourth-order valence-electron chi connectivity index (χ4n) is 1.64. The smallest absolute Gasteiger partial charge is 0.0943 e. The highest BCUT2D eigenvalue weighted by molar-refractivity contribution is 9.10. The molecule has 0 radical (unpaired) electrons. The van der Waals surface area contributed by atoms with Gasteiger partial charge in [-0.2, -0.15) is 0 Å². The lowest BCUT2D eigenvalue weighted by atomic mass is 10.0. The number of rotatable bonds is 4. The Morgan fingerprint density at radius 2 is 2.38 bits per heavy atom. The Labute approximate surface area is 108 Å². The Hall–Kier alpha value is -0.710. The van der Waals surface area contributed by atoms with E-state index in [0.29, 0.717) is 6.04 Å². The Balaban J connectivity index is 2.16. The van der Waals surface area contributed by atoms with Gasteiger partial charge in [0.1, 0.15) is 0 Å². The number of hydrogen-bond donors (Lipinski definition) is 1. The zero-order valence-electron chi connectivity index (χ0n) is 8.98. The Kier molecular flexibility index (Phi) is 4.09. The van der Waals surface area contributed by atoms with Crippen LogP contribution < -0.4 is 5.32 Å². The zero-order valence-corrected chi connectivity index (χ0v) is 11.4. The molecule has 1 unspecified atom stereocenters. The van der Waals surface area contributed by atoms with Gasteiger partial charge in [-0.25, -0.2) is 4.98 Å². The Morgan fingerprint density at radius 1 is 1.50 bits per heavy atom. The van der Waals surface area contributed by atoms with Crippen LogP contribution in [0, 0.1) is 0 Å². The van der Waals surface area contributed by atoms with Crippen LogP contribution in [0.15, 0.2) is 40.3 Å². The quantitative estimate of drug-likeness (QED) is 0.935. The van der Waals surface area contributed by atoms with Gasteiger partial charge in [0.2, 0.25) is 0 Å². The molecular formula is C12H13BrN2S. The summed E-state index contributed by atoms with van der Waals surface area (Å²) >= 11 is 5.20. The molecule has 2 nitrogen and oxygen atoms in total. The number of hydrogen-bond acceptors (Lipinski definition) is 3. The molecule has 0 spiro atoms. The Morgan fingerprint density at radius 3 is 3.00 bits per heavy atom. The molecule has 0 fully saturated rings. The van der Waals surface area contributed by atoms with E-state index in [4.69, 9.17) is 0 Å². The molecule has 0 bridgehead atoms. The van der Waals surface area contributed by atoms with Gasteiger partial charge in [-0.1, -0.05) is 28.1 Å². The van der Waals surface area contributed by atoms with Crippen molar-refractivity contribution in [1.29, 1.82) is 0 Å². The monoisotopic (exact) mass is 296 g/mol. The molecule has 4 heteroatoms.